The lowest BCUT2D eigenvalue weighted by Gasteiger charge is -2.35. The Kier molecular flexibility index (Phi) is 8.53. The van der Waals surface area contributed by atoms with E-state index in [4.69, 9.17) is 4.43 Å². The molecular formula is C36H44O2Si. The monoisotopic (exact) mass is 536 g/mol. The van der Waals surface area contributed by atoms with Crippen molar-refractivity contribution in [2.45, 2.75) is 77.9 Å². The smallest absolute Gasteiger partial charge is 0.253 e. The van der Waals surface area contributed by atoms with Crippen LogP contribution in [0.3, 0.4) is 0 Å². The van der Waals surface area contributed by atoms with Crippen molar-refractivity contribution in [3.63, 3.8) is 0 Å². The summed E-state index contributed by atoms with van der Waals surface area (Å²) in [6, 6.07) is 36.5. The molecular weight excluding hydrogens is 492 g/mol. The van der Waals surface area contributed by atoms with E-state index in [2.05, 4.69) is 151 Å². The van der Waals surface area contributed by atoms with Crippen LogP contribution < -0.4 is 10.4 Å². The molecule has 1 atom stereocenters. The Bertz CT molecular complexity index is 1280. The van der Waals surface area contributed by atoms with Gasteiger partial charge in [-0.05, 0) is 75.0 Å². The summed E-state index contributed by atoms with van der Waals surface area (Å²) in [6.07, 6.45) is 1.63. The molecule has 1 N–H and O–H groups in total. The molecule has 4 aromatic rings. The molecule has 4 rings (SSSR count). The predicted molar refractivity (Wildman–Crippen MR) is 168 cm³/mol. The van der Waals surface area contributed by atoms with E-state index >= 15 is 0 Å². The van der Waals surface area contributed by atoms with Crippen molar-refractivity contribution in [1.82, 2.24) is 0 Å². The average molecular weight is 537 g/mol. The normalized spacial score (nSPS) is 13.3. The minimum atomic E-state index is -2.59. The van der Waals surface area contributed by atoms with Gasteiger partial charge in [0.15, 0.2) is 0 Å². The Morgan fingerprint density at radius 3 is 1.49 bits per heavy atom. The number of hydrogen-bond donors (Lipinski definition) is 1. The number of benzene rings is 4. The molecule has 0 saturated carbocycles. The lowest BCUT2D eigenvalue weighted by molar-refractivity contribution is 0.192. The second-order valence-electron chi connectivity index (χ2n) is 12.9. The molecule has 0 aromatic heterocycles. The molecule has 4 aromatic carbocycles. The zero-order valence-corrected chi connectivity index (χ0v) is 25.7. The fourth-order valence-corrected chi connectivity index (χ4v) is 8.41. The highest BCUT2D eigenvalue weighted by Gasteiger charge is 2.38. The maximum absolute atomic E-state index is 11.4. The molecule has 0 heterocycles. The average Bonchev–Trinajstić information content (AvgIpc) is 2.91. The van der Waals surface area contributed by atoms with E-state index in [1.807, 2.05) is 0 Å². The third-order valence-electron chi connectivity index (χ3n) is 7.69. The Morgan fingerprint density at radius 1 is 0.667 bits per heavy atom. The van der Waals surface area contributed by atoms with Gasteiger partial charge in [-0.2, -0.15) is 0 Å². The van der Waals surface area contributed by atoms with Gasteiger partial charge in [-0.3, -0.25) is 0 Å². The summed E-state index contributed by atoms with van der Waals surface area (Å²) in [5.74, 6) is 0.409. The number of hydrogen-bond acceptors (Lipinski definition) is 2. The summed E-state index contributed by atoms with van der Waals surface area (Å²) < 4.78 is 7.45. The fraction of sp³-hybridized carbons (Fsp3) is 0.333. The summed E-state index contributed by atoms with van der Waals surface area (Å²) in [4.78, 5) is 0. The molecule has 204 valence electrons. The van der Waals surface area contributed by atoms with Gasteiger partial charge in [0.25, 0.3) is 8.32 Å². The van der Waals surface area contributed by atoms with Crippen molar-refractivity contribution in [2.24, 2.45) is 0 Å². The standard InChI is InChI=1S/C36H44O2Si/c1-35(2,3)31-25-28(26-32(34(31)37)36(4,5)6)33(24-23-27-17-11-8-12-18-27)38-39(7,29-19-13-9-14-20-29)30-21-15-10-16-22-30/h8-22,25-26,33,37H,23-24H2,1-7H3. The predicted octanol–water partition coefficient (Wildman–Crippen LogP) is 8.07. The number of phenols is 1. The molecule has 0 bridgehead atoms. The lowest BCUT2D eigenvalue weighted by Crippen LogP contribution is -2.58. The zero-order valence-electron chi connectivity index (χ0n) is 24.7. The topological polar surface area (TPSA) is 29.5 Å². The molecule has 0 aliphatic heterocycles. The van der Waals surface area contributed by atoms with Gasteiger partial charge in [0.2, 0.25) is 0 Å². The van der Waals surface area contributed by atoms with E-state index in [0.717, 1.165) is 29.5 Å². The van der Waals surface area contributed by atoms with Gasteiger partial charge in [-0.15, -0.1) is 0 Å². The summed E-state index contributed by atoms with van der Waals surface area (Å²) in [6.45, 7) is 15.4. The van der Waals surface area contributed by atoms with Crippen LogP contribution in [0.5, 0.6) is 5.75 Å². The molecule has 0 fully saturated rings. The fourth-order valence-electron chi connectivity index (χ4n) is 5.32. The molecule has 0 spiro atoms. The minimum Gasteiger partial charge on any atom is -0.507 e. The highest BCUT2D eigenvalue weighted by atomic mass is 28.4. The van der Waals surface area contributed by atoms with Crippen molar-refractivity contribution in [3.05, 3.63) is 125 Å². The first kappa shape index (κ1) is 28.9. The van der Waals surface area contributed by atoms with Crippen LogP contribution in [0.15, 0.2) is 103 Å². The largest absolute Gasteiger partial charge is 0.507 e. The van der Waals surface area contributed by atoms with Gasteiger partial charge in [0.05, 0.1) is 6.10 Å². The van der Waals surface area contributed by atoms with Crippen molar-refractivity contribution in [2.75, 3.05) is 0 Å². The molecule has 0 aliphatic rings. The maximum Gasteiger partial charge on any atom is 0.253 e. The van der Waals surface area contributed by atoms with Crippen LogP contribution in [0, 0.1) is 0 Å². The van der Waals surface area contributed by atoms with Gasteiger partial charge in [0, 0.05) is 0 Å². The maximum atomic E-state index is 11.4. The van der Waals surface area contributed by atoms with Crippen molar-refractivity contribution >= 4 is 18.7 Å². The highest BCUT2D eigenvalue weighted by molar-refractivity contribution is 6.96. The third kappa shape index (κ3) is 6.72. The van der Waals surface area contributed by atoms with E-state index < -0.39 is 8.32 Å². The van der Waals surface area contributed by atoms with Crippen LogP contribution >= 0.6 is 0 Å². The number of rotatable bonds is 8. The van der Waals surface area contributed by atoms with E-state index in [-0.39, 0.29) is 16.9 Å². The van der Waals surface area contributed by atoms with Crippen LogP contribution in [0.1, 0.15) is 76.3 Å². The van der Waals surface area contributed by atoms with Crippen LogP contribution in [-0.2, 0) is 21.7 Å². The van der Waals surface area contributed by atoms with Gasteiger partial charge in [0.1, 0.15) is 5.75 Å². The molecule has 0 radical (unpaired) electrons. The van der Waals surface area contributed by atoms with Gasteiger partial charge in [-0.1, -0.05) is 133 Å². The van der Waals surface area contributed by atoms with Crippen LogP contribution in [-0.4, -0.2) is 13.4 Å². The SMILES string of the molecule is CC(C)(C)c1cc(C(CCc2ccccc2)O[Si](C)(c2ccccc2)c2ccccc2)cc(C(C)(C)C)c1O. The summed E-state index contributed by atoms with van der Waals surface area (Å²) in [5.41, 5.74) is 3.99. The first-order chi connectivity index (χ1) is 18.4. The van der Waals surface area contributed by atoms with Gasteiger partial charge >= 0.3 is 0 Å². The summed E-state index contributed by atoms with van der Waals surface area (Å²) >= 11 is 0. The Labute approximate surface area is 236 Å². The van der Waals surface area contributed by atoms with E-state index in [0.29, 0.717) is 5.75 Å². The molecule has 0 aliphatic carbocycles. The van der Waals surface area contributed by atoms with E-state index in [1.54, 1.807) is 0 Å². The quantitative estimate of drug-likeness (QED) is 0.231. The number of aromatic hydroxyl groups is 1. The second kappa shape index (κ2) is 11.5. The van der Waals surface area contributed by atoms with Gasteiger partial charge in [-0.25, -0.2) is 0 Å². The molecule has 2 nitrogen and oxygen atoms in total. The van der Waals surface area contributed by atoms with Crippen LogP contribution in [0.2, 0.25) is 6.55 Å². The molecule has 39 heavy (non-hydrogen) atoms. The van der Waals surface area contributed by atoms with Crippen LogP contribution in [0.25, 0.3) is 0 Å². The Hall–Kier alpha value is -3.14. The molecule has 1 unspecified atom stereocenters. The van der Waals surface area contributed by atoms with E-state index in [1.165, 1.54) is 15.9 Å². The molecule has 0 saturated heterocycles. The highest BCUT2D eigenvalue weighted by Crippen LogP contribution is 2.42. The Balaban J connectivity index is 1.88. The summed E-state index contributed by atoms with van der Waals surface area (Å²) in [5, 5.41) is 13.9. The first-order valence-electron chi connectivity index (χ1n) is 14.1. The molecule has 0 amide bonds. The summed E-state index contributed by atoms with van der Waals surface area (Å²) in [7, 11) is -2.59. The number of aryl methyl sites for hydroxylation is 1. The van der Waals surface area contributed by atoms with Crippen molar-refractivity contribution < 1.29 is 9.53 Å². The third-order valence-corrected chi connectivity index (χ3v) is 11.3. The van der Waals surface area contributed by atoms with Crippen LogP contribution in [0.4, 0.5) is 0 Å². The Morgan fingerprint density at radius 2 is 1.08 bits per heavy atom. The second-order valence-corrected chi connectivity index (χ2v) is 16.3. The van der Waals surface area contributed by atoms with Gasteiger partial charge < -0.3 is 9.53 Å². The first-order valence-corrected chi connectivity index (χ1v) is 16.5. The lowest BCUT2D eigenvalue weighted by atomic mass is 9.77. The molecule has 3 heteroatoms. The van der Waals surface area contributed by atoms with Crippen molar-refractivity contribution in [3.8, 4) is 5.75 Å². The minimum absolute atomic E-state index is 0.134. The van der Waals surface area contributed by atoms with E-state index in [9.17, 15) is 5.11 Å². The van der Waals surface area contributed by atoms with Crippen molar-refractivity contribution in [1.29, 1.82) is 0 Å². The number of phenolic OH excluding ortho intramolecular Hbond substituents is 1. The zero-order chi connectivity index (χ0) is 28.3.